The fraction of sp³-hybridized carbons (Fsp3) is 0.667. The lowest BCUT2D eigenvalue weighted by atomic mass is 9.94. The summed E-state index contributed by atoms with van der Waals surface area (Å²) in [7, 11) is 3.26. The van der Waals surface area contributed by atoms with E-state index in [2.05, 4.69) is 0 Å². The van der Waals surface area contributed by atoms with Crippen LogP contribution >= 0.6 is 0 Å². The van der Waals surface area contributed by atoms with Crippen molar-refractivity contribution in [2.75, 3.05) is 27.9 Å². The molecule has 250 valence electrons. The van der Waals surface area contributed by atoms with E-state index in [1.165, 1.54) is 19.9 Å². The van der Waals surface area contributed by atoms with Crippen molar-refractivity contribution in [3.8, 4) is 11.5 Å². The van der Waals surface area contributed by atoms with E-state index in [1.54, 1.807) is 0 Å². The lowest BCUT2D eigenvalue weighted by Gasteiger charge is -2.44. The number of hydrogen-bond acceptors (Lipinski definition) is 14. The van der Waals surface area contributed by atoms with Crippen LogP contribution in [-0.2, 0) is 44.5 Å². The SMILES string of the molecule is CCN(C(=O)[C@@H]1O[C@@H](OC)C(O)C(O)C1OC(OC)C(O)C(O)C(OC)C(C)C(=O)O)C(Cc1ccc(O)c(O)c1)C(=O)O. The second kappa shape index (κ2) is 16.3. The van der Waals surface area contributed by atoms with E-state index in [1.807, 2.05) is 0 Å². The number of carboxylic acids is 2. The van der Waals surface area contributed by atoms with E-state index in [4.69, 9.17) is 23.7 Å². The van der Waals surface area contributed by atoms with Crippen LogP contribution < -0.4 is 0 Å². The molecule has 1 aliphatic rings. The van der Waals surface area contributed by atoms with Gasteiger partial charge in [0.25, 0.3) is 5.91 Å². The molecule has 44 heavy (non-hydrogen) atoms. The predicted molar refractivity (Wildman–Crippen MR) is 145 cm³/mol. The minimum atomic E-state index is -2.02. The number of carbonyl (C=O) groups is 3. The number of phenolic OH excluding ortho intramolecular Hbond substituents is 2. The summed E-state index contributed by atoms with van der Waals surface area (Å²) < 4.78 is 26.5. The van der Waals surface area contributed by atoms with Gasteiger partial charge in [0.15, 0.2) is 30.2 Å². The van der Waals surface area contributed by atoms with E-state index in [-0.39, 0.29) is 18.5 Å². The Kier molecular flexibility index (Phi) is 13.7. The summed E-state index contributed by atoms with van der Waals surface area (Å²) in [6, 6.07) is 2.06. The summed E-state index contributed by atoms with van der Waals surface area (Å²) in [6.07, 6.45) is -16.7. The van der Waals surface area contributed by atoms with Gasteiger partial charge >= 0.3 is 11.9 Å². The van der Waals surface area contributed by atoms with Gasteiger partial charge in [0.2, 0.25) is 0 Å². The second-order valence-electron chi connectivity index (χ2n) is 10.2. The average molecular weight is 636 g/mol. The van der Waals surface area contributed by atoms with Crippen LogP contribution in [0.1, 0.15) is 19.4 Å². The van der Waals surface area contributed by atoms with Crippen molar-refractivity contribution in [2.45, 2.75) is 81.6 Å². The van der Waals surface area contributed by atoms with Crippen LogP contribution in [0.5, 0.6) is 11.5 Å². The molecule has 1 amide bonds. The highest BCUT2D eigenvalue weighted by Gasteiger charge is 2.52. The number of likely N-dealkylation sites (N-methyl/N-ethyl adjacent to an activating group) is 1. The van der Waals surface area contributed by atoms with Crippen LogP contribution in [0.15, 0.2) is 18.2 Å². The number of phenols is 2. The zero-order chi connectivity index (χ0) is 33.5. The summed E-state index contributed by atoms with van der Waals surface area (Å²) in [4.78, 5) is 38.5. The molecule has 11 atom stereocenters. The summed E-state index contributed by atoms with van der Waals surface area (Å²) in [5.74, 6) is -6.08. The molecule has 0 spiro atoms. The van der Waals surface area contributed by atoms with Crippen molar-refractivity contribution >= 4 is 17.8 Å². The highest BCUT2D eigenvalue weighted by atomic mass is 16.7. The van der Waals surface area contributed by atoms with E-state index < -0.39 is 96.6 Å². The van der Waals surface area contributed by atoms with E-state index in [0.717, 1.165) is 38.4 Å². The zero-order valence-corrected chi connectivity index (χ0v) is 24.8. The third-order valence-electron chi connectivity index (χ3n) is 7.42. The monoisotopic (exact) mass is 635 g/mol. The smallest absolute Gasteiger partial charge is 0.326 e. The fourth-order valence-corrected chi connectivity index (χ4v) is 4.89. The minimum absolute atomic E-state index is 0.208. The number of aliphatic hydroxyl groups is 4. The number of rotatable bonds is 16. The third-order valence-corrected chi connectivity index (χ3v) is 7.42. The maximum atomic E-state index is 13.9. The molecule has 2 rings (SSSR count). The Balaban J connectivity index is 2.45. The molecule has 9 unspecified atom stereocenters. The molecular weight excluding hydrogens is 594 g/mol. The number of carboxylic acid groups (broad SMARTS) is 2. The van der Waals surface area contributed by atoms with Crippen molar-refractivity contribution in [1.29, 1.82) is 0 Å². The Morgan fingerprint density at radius 2 is 1.59 bits per heavy atom. The largest absolute Gasteiger partial charge is 0.504 e. The number of methoxy groups -OCH3 is 3. The first kappa shape index (κ1) is 37.1. The molecule has 0 saturated carbocycles. The average Bonchev–Trinajstić information content (AvgIpc) is 2.99. The van der Waals surface area contributed by atoms with Crippen LogP contribution in [-0.4, -0.2) is 153 Å². The van der Waals surface area contributed by atoms with Crippen molar-refractivity contribution in [1.82, 2.24) is 4.90 Å². The molecule has 0 aliphatic carbocycles. The fourth-order valence-electron chi connectivity index (χ4n) is 4.89. The minimum Gasteiger partial charge on any atom is -0.504 e. The van der Waals surface area contributed by atoms with Crippen molar-refractivity contribution in [3.05, 3.63) is 23.8 Å². The number of nitrogens with zero attached hydrogens (tertiary/aromatic N) is 1. The molecule has 17 heteroatoms. The summed E-state index contributed by atoms with van der Waals surface area (Å²) in [5.41, 5.74) is 0.251. The molecule has 1 saturated heterocycles. The molecule has 17 nitrogen and oxygen atoms in total. The second-order valence-corrected chi connectivity index (χ2v) is 10.2. The van der Waals surface area contributed by atoms with Gasteiger partial charge in [0.1, 0.15) is 36.6 Å². The lowest BCUT2D eigenvalue weighted by molar-refractivity contribution is -0.324. The number of carbonyl (C=O) groups excluding carboxylic acids is 1. The van der Waals surface area contributed by atoms with E-state index in [0.29, 0.717) is 0 Å². The standard InChI is InChI=1S/C27H41NO16/c1-6-28(13(25(38)39)9-12-7-8-14(29)15(30)10-12)23(35)22-21(17(32)19(34)27(42-5)44-22)43-26(41-4)18(33)16(31)20(40-3)11(2)24(36)37/h7-8,10-11,13,16-22,26-27,29-34H,6,9H2,1-5H3,(H,36,37)(H,38,39)/t11?,13?,16?,17?,18?,19?,20?,21?,22-,26?,27-/m1/s1. The summed E-state index contributed by atoms with van der Waals surface area (Å²) in [6.45, 7) is 2.48. The molecule has 1 aliphatic heterocycles. The number of ether oxygens (including phenoxy) is 5. The first-order chi connectivity index (χ1) is 20.6. The van der Waals surface area contributed by atoms with E-state index >= 15 is 0 Å². The number of hydrogen-bond donors (Lipinski definition) is 8. The number of aromatic hydroxyl groups is 2. The van der Waals surface area contributed by atoms with Gasteiger partial charge in [-0.05, 0) is 31.5 Å². The van der Waals surface area contributed by atoms with Crippen LogP contribution in [0.3, 0.4) is 0 Å². The van der Waals surface area contributed by atoms with Gasteiger partial charge in [-0.25, -0.2) is 4.79 Å². The van der Waals surface area contributed by atoms with Gasteiger partial charge in [-0.15, -0.1) is 0 Å². The summed E-state index contributed by atoms with van der Waals surface area (Å²) in [5, 5.41) is 81.8. The molecular formula is C27H41NO16. The van der Waals surface area contributed by atoms with Crippen molar-refractivity contribution in [2.24, 2.45) is 5.92 Å². The molecule has 1 aromatic carbocycles. The number of amides is 1. The lowest BCUT2D eigenvalue weighted by Crippen LogP contribution is -2.65. The Morgan fingerprint density at radius 3 is 2.07 bits per heavy atom. The van der Waals surface area contributed by atoms with Crippen molar-refractivity contribution in [3.63, 3.8) is 0 Å². The molecule has 1 heterocycles. The molecule has 0 aromatic heterocycles. The molecule has 1 fully saturated rings. The van der Waals surface area contributed by atoms with Gasteiger partial charge in [0, 0.05) is 34.3 Å². The third kappa shape index (κ3) is 8.32. The zero-order valence-electron chi connectivity index (χ0n) is 24.8. The Morgan fingerprint density at radius 1 is 0.955 bits per heavy atom. The first-order valence-corrected chi connectivity index (χ1v) is 13.5. The van der Waals surface area contributed by atoms with Crippen molar-refractivity contribution < 1.29 is 78.9 Å². The number of aliphatic hydroxyl groups excluding tert-OH is 4. The van der Waals surface area contributed by atoms with Crippen LogP contribution in [0, 0.1) is 5.92 Å². The van der Waals surface area contributed by atoms with Gasteiger partial charge < -0.3 is 69.4 Å². The van der Waals surface area contributed by atoms with Crippen LogP contribution in [0.25, 0.3) is 0 Å². The normalized spacial score (nSPS) is 26.2. The maximum Gasteiger partial charge on any atom is 0.326 e. The van der Waals surface area contributed by atoms with Gasteiger partial charge in [-0.3, -0.25) is 9.59 Å². The quantitative estimate of drug-likeness (QED) is 0.0711. The highest BCUT2D eigenvalue weighted by molar-refractivity contribution is 5.87. The molecule has 1 aromatic rings. The molecule has 0 radical (unpaired) electrons. The summed E-state index contributed by atoms with van der Waals surface area (Å²) >= 11 is 0. The van der Waals surface area contributed by atoms with Gasteiger partial charge in [0.05, 0.1) is 12.0 Å². The van der Waals surface area contributed by atoms with Crippen LogP contribution in [0.2, 0.25) is 0 Å². The highest BCUT2D eigenvalue weighted by Crippen LogP contribution is 2.30. The Hall–Kier alpha value is -3.13. The van der Waals surface area contributed by atoms with Gasteiger partial charge in [-0.2, -0.15) is 0 Å². The molecule has 8 N–H and O–H groups in total. The Labute approximate surface area is 252 Å². The van der Waals surface area contributed by atoms with E-state index in [9.17, 15) is 55.2 Å². The number of aliphatic carboxylic acids is 2. The number of benzene rings is 1. The topological polar surface area (TPSA) is 262 Å². The predicted octanol–water partition coefficient (Wildman–Crippen LogP) is -2.15. The Bertz CT molecular complexity index is 1120. The van der Waals surface area contributed by atoms with Gasteiger partial charge in [-0.1, -0.05) is 6.07 Å². The van der Waals surface area contributed by atoms with Crippen LogP contribution in [0.4, 0.5) is 0 Å². The maximum absolute atomic E-state index is 13.9. The first-order valence-electron chi connectivity index (χ1n) is 13.5. The molecule has 0 bridgehead atoms.